The average molecular weight is 330 g/mol. The fraction of sp³-hybridized carbons (Fsp3) is 0.0625. The van der Waals surface area contributed by atoms with Crippen LogP contribution in [0.1, 0.15) is 10.5 Å². The summed E-state index contributed by atoms with van der Waals surface area (Å²) in [6.45, 7) is 0. The molecule has 3 nitrogen and oxygen atoms in total. The number of esters is 1. The van der Waals surface area contributed by atoms with Crippen molar-refractivity contribution in [2.75, 3.05) is 7.11 Å². The number of halogens is 1. The molecular formula is C16H12BrNO2. The van der Waals surface area contributed by atoms with E-state index in [0.29, 0.717) is 5.69 Å². The highest BCUT2D eigenvalue weighted by molar-refractivity contribution is 9.10. The van der Waals surface area contributed by atoms with E-state index >= 15 is 0 Å². The largest absolute Gasteiger partial charge is 0.464 e. The van der Waals surface area contributed by atoms with E-state index in [1.807, 2.05) is 59.2 Å². The number of para-hydroxylation sites is 2. The third-order valence-corrected chi connectivity index (χ3v) is 4.01. The van der Waals surface area contributed by atoms with Crippen molar-refractivity contribution in [3.63, 3.8) is 0 Å². The Bertz CT molecular complexity index is 778. The number of hydrogen-bond acceptors (Lipinski definition) is 2. The molecule has 0 spiro atoms. The summed E-state index contributed by atoms with van der Waals surface area (Å²) in [6.07, 6.45) is 0. The summed E-state index contributed by atoms with van der Waals surface area (Å²) in [5, 5.41) is 0.983. The van der Waals surface area contributed by atoms with Crippen LogP contribution in [0.4, 0.5) is 0 Å². The Labute approximate surface area is 124 Å². The van der Waals surface area contributed by atoms with Crippen LogP contribution in [0.25, 0.3) is 16.6 Å². The number of fused-ring (bicyclic) bond motifs is 1. The van der Waals surface area contributed by atoms with Crippen LogP contribution in [-0.2, 0) is 4.74 Å². The molecule has 0 bridgehead atoms. The summed E-state index contributed by atoms with van der Waals surface area (Å²) in [4.78, 5) is 12.1. The van der Waals surface area contributed by atoms with Crippen LogP contribution in [0, 0.1) is 0 Å². The molecule has 20 heavy (non-hydrogen) atoms. The lowest BCUT2D eigenvalue weighted by Crippen LogP contribution is -2.09. The van der Waals surface area contributed by atoms with Gasteiger partial charge in [-0.3, -0.25) is 0 Å². The van der Waals surface area contributed by atoms with Gasteiger partial charge in [-0.05, 0) is 34.1 Å². The number of hydrogen-bond donors (Lipinski definition) is 0. The Morgan fingerprint density at radius 3 is 2.40 bits per heavy atom. The molecule has 1 heterocycles. The summed E-state index contributed by atoms with van der Waals surface area (Å²) in [7, 11) is 1.39. The summed E-state index contributed by atoms with van der Waals surface area (Å²) < 4.78 is 7.58. The molecule has 3 rings (SSSR count). The standard InChI is InChI=1S/C16H12BrNO2/c1-20-16(19)15-14(17)12-9-5-6-10-13(12)18(15)11-7-3-2-4-8-11/h2-10H,1H3. The highest BCUT2D eigenvalue weighted by Crippen LogP contribution is 2.33. The first-order valence-electron chi connectivity index (χ1n) is 6.16. The summed E-state index contributed by atoms with van der Waals surface area (Å²) in [6, 6.07) is 17.6. The first kappa shape index (κ1) is 12.9. The average Bonchev–Trinajstić information content (AvgIpc) is 2.81. The van der Waals surface area contributed by atoms with Crippen molar-refractivity contribution < 1.29 is 9.53 Å². The number of carbonyl (C=O) groups is 1. The molecule has 0 N–H and O–H groups in total. The van der Waals surface area contributed by atoms with Crippen LogP contribution in [0.15, 0.2) is 59.1 Å². The van der Waals surface area contributed by atoms with Gasteiger partial charge in [0.05, 0.1) is 17.1 Å². The fourth-order valence-electron chi connectivity index (χ4n) is 2.32. The molecule has 0 aliphatic rings. The molecule has 0 aliphatic heterocycles. The number of rotatable bonds is 2. The quantitative estimate of drug-likeness (QED) is 0.660. The van der Waals surface area contributed by atoms with E-state index in [1.165, 1.54) is 7.11 Å². The molecule has 0 unspecified atom stereocenters. The van der Waals surface area contributed by atoms with Gasteiger partial charge in [0.1, 0.15) is 5.69 Å². The van der Waals surface area contributed by atoms with Gasteiger partial charge in [0.25, 0.3) is 0 Å². The number of carbonyl (C=O) groups excluding carboxylic acids is 1. The predicted octanol–water partition coefficient (Wildman–Crippen LogP) is 4.18. The van der Waals surface area contributed by atoms with Crippen LogP contribution in [0.3, 0.4) is 0 Å². The first-order chi connectivity index (χ1) is 9.74. The zero-order chi connectivity index (χ0) is 14.1. The summed E-state index contributed by atoms with van der Waals surface area (Å²) in [5.74, 6) is -0.364. The molecule has 0 atom stereocenters. The number of ether oxygens (including phenoxy) is 1. The van der Waals surface area contributed by atoms with Crippen molar-refractivity contribution in [2.24, 2.45) is 0 Å². The van der Waals surface area contributed by atoms with Gasteiger partial charge in [0.15, 0.2) is 0 Å². The van der Waals surface area contributed by atoms with Crippen LogP contribution in [0.5, 0.6) is 0 Å². The molecule has 0 radical (unpaired) electrons. The maximum absolute atomic E-state index is 12.1. The molecule has 0 amide bonds. The van der Waals surface area contributed by atoms with Crippen LogP contribution < -0.4 is 0 Å². The molecule has 4 heteroatoms. The minimum atomic E-state index is -0.364. The lowest BCUT2D eigenvalue weighted by Gasteiger charge is -2.09. The molecule has 3 aromatic rings. The van der Waals surface area contributed by atoms with Crippen molar-refractivity contribution in [3.8, 4) is 5.69 Å². The number of methoxy groups -OCH3 is 1. The molecule has 0 saturated heterocycles. The lowest BCUT2D eigenvalue weighted by atomic mass is 10.2. The third kappa shape index (κ3) is 1.93. The second-order valence-corrected chi connectivity index (χ2v) is 5.14. The van der Waals surface area contributed by atoms with E-state index in [0.717, 1.165) is 21.1 Å². The zero-order valence-electron chi connectivity index (χ0n) is 10.8. The second-order valence-electron chi connectivity index (χ2n) is 4.34. The number of nitrogens with zero attached hydrogens (tertiary/aromatic N) is 1. The van der Waals surface area contributed by atoms with Gasteiger partial charge in [-0.2, -0.15) is 0 Å². The van der Waals surface area contributed by atoms with Crippen molar-refractivity contribution in [3.05, 3.63) is 64.8 Å². The molecule has 2 aromatic carbocycles. The molecule has 0 fully saturated rings. The van der Waals surface area contributed by atoms with E-state index < -0.39 is 0 Å². The van der Waals surface area contributed by atoms with E-state index in [1.54, 1.807) is 0 Å². The summed E-state index contributed by atoms with van der Waals surface area (Å²) >= 11 is 3.52. The molecule has 100 valence electrons. The normalized spacial score (nSPS) is 10.7. The van der Waals surface area contributed by atoms with Crippen molar-refractivity contribution in [1.82, 2.24) is 4.57 Å². The van der Waals surface area contributed by atoms with Crippen LogP contribution in [-0.4, -0.2) is 17.6 Å². The summed E-state index contributed by atoms with van der Waals surface area (Å²) in [5.41, 5.74) is 2.39. The Kier molecular flexibility index (Phi) is 3.32. The monoisotopic (exact) mass is 329 g/mol. The van der Waals surface area contributed by atoms with Gasteiger partial charge in [0.2, 0.25) is 0 Å². The zero-order valence-corrected chi connectivity index (χ0v) is 12.4. The molecule has 1 aromatic heterocycles. The minimum Gasteiger partial charge on any atom is -0.464 e. The first-order valence-corrected chi connectivity index (χ1v) is 6.96. The van der Waals surface area contributed by atoms with E-state index in [-0.39, 0.29) is 5.97 Å². The highest BCUT2D eigenvalue weighted by Gasteiger charge is 2.22. The number of benzene rings is 2. The van der Waals surface area contributed by atoms with Crippen LogP contribution in [0.2, 0.25) is 0 Å². The van der Waals surface area contributed by atoms with Crippen molar-refractivity contribution in [2.45, 2.75) is 0 Å². The molecule has 0 saturated carbocycles. The Balaban J connectivity index is 2.42. The third-order valence-electron chi connectivity index (χ3n) is 3.21. The van der Waals surface area contributed by atoms with Crippen LogP contribution >= 0.6 is 15.9 Å². The van der Waals surface area contributed by atoms with Gasteiger partial charge < -0.3 is 9.30 Å². The Morgan fingerprint density at radius 1 is 1.05 bits per heavy atom. The minimum absolute atomic E-state index is 0.364. The van der Waals surface area contributed by atoms with Gasteiger partial charge >= 0.3 is 5.97 Å². The van der Waals surface area contributed by atoms with E-state index in [2.05, 4.69) is 15.9 Å². The highest BCUT2D eigenvalue weighted by atomic mass is 79.9. The Morgan fingerprint density at radius 2 is 1.70 bits per heavy atom. The van der Waals surface area contributed by atoms with Gasteiger partial charge in [-0.15, -0.1) is 0 Å². The van der Waals surface area contributed by atoms with Gasteiger partial charge in [-0.1, -0.05) is 36.4 Å². The van der Waals surface area contributed by atoms with Crippen molar-refractivity contribution >= 4 is 32.8 Å². The lowest BCUT2D eigenvalue weighted by molar-refractivity contribution is 0.0591. The van der Waals surface area contributed by atoms with E-state index in [9.17, 15) is 4.79 Å². The topological polar surface area (TPSA) is 31.2 Å². The predicted molar refractivity (Wildman–Crippen MR) is 82.3 cm³/mol. The Hall–Kier alpha value is -2.07. The fourth-order valence-corrected chi connectivity index (χ4v) is 3.00. The molecular weight excluding hydrogens is 318 g/mol. The van der Waals surface area contributed by atoms with Gasteiger partial charge in [-0.25, -0.2) is 4.79 Å². The molecule has 0 aliphatic carbocycles. The van der Waals surface area contributed by atoms with E-state index in [4.69, 9.17) is 4.74 Å². The maximum Gasteiger partial charge on any atom is 0.356 e. The maximum atomic E-state index is 12.1. The smallest absolute Gasteiger partial charge is 0.356 e. The van der Waals surface area contributed by atoms with Gasteiger partial charge in [0, 0.05) is 11.1 Å². The number of aromatic nitrogens is 1. The van der Waals surface area contributed by atoms with Crippen molar-refractivity contribution in [1.29, 1.82) is 0 Å². The SMILES string of the molecule is COC(=O)c1c(Br)c2ccccc2n1-c1ccccc1. The second kappa shape index (κ2) is 5.13.